The molecule has 0 aliphatic carbocycles. The molecule has 2 aromatic heterocycles. The molecule has 0 bridgehead atoms. The van der Waals surface area contributed by atoms with E-state index in [1.165, 1.54) is 16.6 Å². The second kappa shape index (κ2) is 7.29. The van der Waals surface area contributed by atoms with E-state index >= 15 is 0 Å². The highest BCUT2D eigenvalue weighted by Crippen LogP contribution is 2.29. The van der Waals surface area contributed by atoms with Gasteiger partial charge in [-0.2, -0.15) is 10.1 Å². The van der Waals surface area contributed by atoms with Crippen LogP contribution in [0.3, 0.4) is 0 Å². The van der Waals surface area contributed by atoms with E-state index in [4.69, 9.17) is 4.74 Å². The SMILES string of the molecule is CC1=NN(CC(=O)OCc2ccccc2)c2nc3c(c(=O)n(C)c(=O)n3C)n2C1C. The number of benzene rings is 1. The number of aromatic nitrogens is 4. The van der Waals surface area contributed by atoms with E-state index in [2.05, 4.69) is 10.1 Å². The first-order valence-electron chi connectivity index (χ1n) is 9.49. The number of rotatable bonds is 4. The molecule has 30 heavy (non-hydrogen) atoms. The summed E-state index contributed by atoms with van der Waals surface area (Å²) in [5.41, 5.74) is 1.20. The zero-order valence-corrected chi connectivity index (χ0v) is 17.2. The molecule has 1 atom stereocenters. The van der Waals surface area contributed by atoms with Gasteiger partial charge in [0.05, 0.1) is 11.8 Å². The molecule has 10 nitrogen and oxygen atoms in total. The van der Waals surface area contributed by atoms with Gasteiger partial charge in [0, 0.05) is 14.1 Å². The minimum absolute atomic E-state index is 0.151. The molecule has 3 aromatic rings. The quantitative estimate of drug-likeness (QED) is 0.593. The maximum atomic E-state index is 12.8. The van der Waals surface area contributed by atoms with E-state index in [0.717, 1.165) is 10.1 Å². The predicted octanol–water partition coefficient (Wildman–Crippen LogP) is 0.934. The highest BCUT2D eigenvalue weighted by atomic mass is 16.5. The molecule has 3 heterocycles. The van der Waals surface area contributed by atoms with Crippen molar-refractivity contribution < 1.29 is 9.53 Å². The number of imidazole rings is 1. The van der Waals surface area contributed by atoms with E-state index in [-0.39, 0.29) is 24.8 Å². The molecule has 0 radical (unpaired) electrons. The van der Waals surface area contributed by atoms with Gasteiger partial charge in [0.1, 0.15) is 13.2 Å². The molecule has 0 saturated carbocycles. The average molecular weight is 410 g/mol. The van der Waals surface area contributed by atoms with Crippen molar-refractivity contribution in [3.05, 3.63) is 56.7 Å². The summed E-state index contributed by atoms with van der Waals surface area (Å²) in [4.78, 5) is 42.0. The van der Waals surface area contributed by atoms with E-state index in [0.29, 0.717) is 17.2 Å². The van der Waals surface area contributed by atoms with Crippen molar-refractivity contribution in [2.45, 2.75) is 26.5 Å². The molecule has 156 valence electrons. The molecule has 0 saturated heterocycles. The summed E-state index contributed by atoms with van der Waals surface area (Å²) in [6.45, 7) is 3.68. The van der Waals surface area contributed by atoms with Crippen LogP contribution in [0.25, 0.3) is 11.2 Å². The zero-order chi connectivity index (χ0) is 21.6. The van der Waals surface area contributed by atoms with Crippen molar-refractivity contribution in [2.24, 2.45) is 19.2 Å². The Labute approximate surface area is 171 Å². The molecular formula is C20H22N6O4. The van der Waals surface area contributed by atoms with Crippen LogP contribution < -0.4 is 16.3 Å². The first-order chi connectivity index (χ1) is 14.3. The molecule has 0 spiro atoms. The Morgan fingerprint density at radius 2 is 1.83 bits per heavy atom. The number of esters is 1. The predicted molar refractivity (Wildman–Crippen MR) is 112 cm³/mol. The third-order valence-electron chi connectivity index (χ3n) is 5.30. The van der Waals surface area contributed by atoms with Gasteiger partial charge in [0.15, 0.2) is 11.2 Å². The Bertz CT molecular complexity index is 1280. The molecule has 0 amide bonds. The number of hydrogen-bond acceptors (Lipinski definition) is 7. The van der Waals surface area contributed by atoms with Gasteiger partial charge in [0.25, 0.3) is 5.56 Å². The summed E-state index contributed by atoms with van der Waals surface area (Å²) in [5.74, 6) is -0.164. The van der Waals surface area contributed by atoms with Crippen LogP contribution in [0.4, 0.5) is 5.95 Å². The van der Waals surface area contributed by atoms with E-state index in [9.17, 15) is 14.4 Å². The molecular weight excluding hydrogens is 388 g/mol. The van der Waals surface area contributed by atoms with Crippen molar-refractivity contribution in [1.82, 2.24) is 18.7 Å². The Hall–Kier alpha value is -3.69. The lowest BCUT2D eigenvalue weighted by molar-refractivity contribution is -0.143. The van der Waals surface area contributed by atoms with Crippen molar-refractivity contribution in [3.63, 3.8) is 0 Å². The van der Waals surface area contributed by atoms with E-state index in [1.807, 2.05) is 44.2 Å². The highest BCUT2D eigenvalue weighted by Gasteiger charge is 2.31. The largest absolute Gasteiger partial charge is 0.459 e. The maximum absolute atomic E-state index is 12.8. The van der Waals surface area contributed by atoms with E-state index in [1.54, 1.807) is 11.6 Å². The van der Waals surface area contributed by atoms with Crippen molar-refractivity contribution in [1.29, 1.82) is 0 Å². The molecule has 0 N–H and O–H groups in total. The lowest BCUT2D eigenvalue weighted by Crippen LogP contribution is -2.39. The van der Waals surface area contributed by atoms with Gasteiger partial charge < -0.3 is 4.74 Å². The number of hydrogen-bond donors (Lipinski definition) is 0. The lowest BCUT2D eigenvalue weighted by Gasteiger charge is -2.28. The molecule has 0 fully saturated rings. The monoisotopic (exact) mass is 410 g/mol. The minimum Gasteiger partial charge on any atom is -0.459 e. The second-order valence-electron chi connectivity index (χ2n) is 7.28. The van der Waals surface area contributed by atoms with Crippen LogP contribution in [0.1, 0.15) is 25.5 Å². The van der Waals surface area contributed by atoms with Gasteiger partial charge in [-0.25, -0.2) is 9.80 Å². The fourth-order valence-corrected chi connectivity index (χ4v) is 3.47. The summed E-state index contributed by atoms with van der Waals surface area (Å²) in [7, 11) is 2.98. The van der Waals surface area contributed by atoms with Crippen LogP contribution in [-0.4, -0.2) is 36.9 Å². The number of fused-ring (bicyclic) bond motifs is 3. The summed E-state index contributed by atoms with van der Waals surface area (Å²) in [5, 5.41) is 5.88. The number of anilines is 1. The number of hydrazone groups is 1. The van der Waals surface area contributed by atoms with Crippen LogP contribution in [0.5, 0.6) is 0 Å². The standard InChI is InChI=1S/C20H22N6O4/c1-12-13(2)26-16-17(23(3)20(29)24(4)18(16)28)21-19(26)25(22-12)10-15(27)30-11-14-8-6-5-7-9-14/h5-9,13H,10-11H2,1-4H3. The summed E-state index contributed by atoms with van der Waals surface area (Å²) in [6.07, 6.45) is 0. The van der Waals surface area contributed by atoms with Gasteiger partial charge in [-0.15, -0.1) is 0 Å². The fourth-order valence-electron chi connectivity index (χ4n) is 3.47. The normalized spacial score (nSPS) is 15.8. The summed E-state index contributed by atoms with van der Waals surface area (Å²) in [6, 6.07) is 9.11. The van der Waals surface area contributed by atoms with Crippen LogP contribution in [-0.2, 0) is 30.2 Å². The molecule has 4 rings (SSSR count). The molecule has 1 aliphatic heterocycles. The maximum Gasteiger partial charge on any atom is 0.332 e. The molecule has 1 unspecified atom stereocenters. The van der Waals surface area contributed by atoms with Crippen molar-refractivity contribution >= 4 is 28.8 Å². The van der Waals surface area contributed by atoms with E-state index < -0.39 is 17.2 Å². The van der Waals surface area contributed by atoms with Gasteiger partial charge in [-0.05, 0) is 19.4 Å². The van der Waals surface area contributed by atoms with Crippen LogP contribution in [0.2, 0.25) is 0 Å². The summed E-state index contributed by atoms with van der Waals surface area (Å²) >= 11 is 0. The third-order valence-corrected chi connectivity index (χ3v) is 5.30. The van der Waals surface area contributed by atoms with Gasteiger partial charge >= 0.3 is 11.7 Å². The Kier molecular flexibility index (Phi) is 4.76. The Morgan fingerprint density at radius 1 is 1.13 bits per heavy atom. The Balaban J connectivity index is 1.71. The van der Waals surface area contributed by atoms with Crippen LogP contribution in [0, 0.1) is 0 Å². The first kappa shape index (κ1) is 19.6. The number of aryl methyl sites for hydroxylation is 1. The number of nitrogens with zero attached hydrogens (tertiary/aromatic N) is 6. The smallest absolute Gasteiger partial charge is 0.332 e. The fraction of sp³-hybridized carbons (Fsp3) is 0.350. The number of ether oxygens (including phenoxy) is 1. The highest BCUT2D eigenvalue weighted by molar-refractivity contribution is 5.92. The van der Waals surface area contributed by atoms with Gasteiger partial charge in [0.2, 0.25) is 5.95 Å². The topological polar surface area (TPSA) is 104 Å². The lowest BCUT2D eigenvalue weighted by atomic mass is 10.2. The number of carbonyl (C=O) groups excluding carboxylic acids is 1. The molecule has 10 heteroatoms. The van der Waals surface area contributed by atoms with Crippen molar-refractivity contribution in [3.8, 4) is 0 Å². The van der Waals surface area contributed by atoms with Crippen LogP contribution >= 0.6 is 0 Å². The average Bonchev–Trinajstić information content (AvgIpc) is 3.15. The van der Waals surface area contributed by atoms with Gasteiger partial charge in [-0.3, -0.25) is 23.3 Å². The van der Waals surface area contributed by atoms with Gasteiger partial charge in [-0.1, -0.05) is 30.3 Å². The minimum atomic E-state index is -0.481. The third kappa shape index (κ3) is 3.10. The molecule has 1 aromatic carbocycles. The second-order valence-corrected chi connectivity index (χ2v) is 7.28. The van der Waals surface area contributed by atoms with Crippen LogP contribution in [0.15, 0.2) is 45.0 Å². The zero-order valence-electron chi connectivity index (χ0n) is 17.2. The Morgan fingerprint density at radius 3 is 2.53 bits per heavy atom. The van der Waals surface area contributed by atoms with Crippen molar-refractivity contribution in [2.75, 3.05) is 11.6 Å². The summed E-state index contributed by atoms with van der Waals surface area (Å²) < 4.78 is 9.43. The number of carbonyl (C=O) groups is 1. The molecule has 1 aliphatic rings. The first-order valence-corrected chi connectivity index (χ1v) is 9.49.